The lowest BCUT2D eigenvalue weighted by Gasteiger charge is -2.07. The molecule has 0 bridgehead atoms. The van der Waals surface area contributed by atoms with E-state index in [4.69, 9.17) is 9.47 Å². The molecule has 2 aromatic heterocycles. The van der Waals surface area contributed by atoms with Crippen molar-refractivity contribution >= 4 is 0 Å². The van der Waals surface area contributed by atoms with Gasteiger partial charge in [-0.1, -0.05) is 11.3 Å². The standard InChI is InChI=1S/C15H12N4O3/c20-8-12-15(11-3-1-2-6-16-11)19(18-17-12)10-4-5-13-14(7-10)22-9-21-13/h1-7,20H,8-9H2. The molecule has 0 saturated carbocycles. The highest BCUT2D eigenvalue weighted by Crippen LogP contribution is 2.34. The van der Waals surface area contributed by atoms with Crippen LogP contribution in [0, 0.1) is 0 Å². The normalized spacial score (nSPS) is 12.6. The fourth-order valence-corrected chi connectivity index (χ4v) is 2.38. The predicted molar refractivity (Wildman–Crippen MR) is 76.6 cm³/mol. The summed E-state index contributed by atoms with van der Waals surface area (Å²) >= 11 is 0. The van der Waals surface area contributed by atoms with E-state index in [1.165, 1.54) is 0 Å². The van der Waals surface area contributed by atoms with Gasteiger partial charge in [0.1, 0.15) is 11.4 Å². The van der Waals surface area contributed by atoms with Gasteiger partial charge in [-0.15, -0.1) is 5.10 Å². The second kappa shape index (κ2) is 5.12. The fourth-order valence-electron chi connectivity index (χ4n) is 2.38. The third kappa shape index (κ3) is 1.99. The maximum atomic E-state index is 9.51. The van der Waals surface area contributed by atoms with Crippen molar-refractivity contribution in [2.45, 2.75) is 6.61 Å². The Morgan fingerprint density at radius 1 is 1.14 bits per heavy atom. The molecule has 0 aliphatic carbocycles. The molecule has 1 aliphatic heterocycles. The molecule has 0 spiro atoms. The van der Waals surface area contributed by atoms with Crippen LogP contribution in [0.1, 0.15) is 5.69 Å². The maximum absolute atomic E-state index is 9.51. The average Bonchev–Trinajstić information content (AvgIpc) is 3.21. The first-order valence-electron chi connectivity index (χ1n) is 6.73. The zero-order valence-electron chi connectivity index (χ0n) is 11.5. The van der Waals surface area contributed by atoms with Gasteiger partial charge in [-0.25, -0.2) is 4.68 Å². The average molecular weight is 296 g/mol. The summed E-state index contributed by atoms with van der Waals surface area (Å²) in [5, 5.41) is 17.7. The second-order valence-electron chi connectivity index (χ2n) is 4.71. The number of hydrogen-bond acceptors (Lipinski definition) is 6. The molecule has 0 fully saturated rings. The maximum Gasteiger partial charge on any atom is 0.231 e. The first-order valence-corrected chi connectivity index (χ1v) is 6.73. The lowest BCUT2D eigenvalue weighted by molar-refractivity contribution is 0.174. The van der Waals surface area contributed by atoms with E-state index in [2.05, 4.69) is 15.3 Å². The SMILES string of the molecule is OCc1nnn(-c2ccc3c(c2)OCO3)c1-c1ccccn1. The highest BCUT2D eigenvalue weighted by atomic mass is 16.7. The predicted octanol–water partition coefficient (Wildman–Crippen LogP) is 1.55. The van der Waals surface area contributed by atoms with E-state index in [-0.39, 0.29) is 13.4 Å². The molecule has 0 radical (unpaired) electrons. The highest BCUT2D eigenvalue weighted by molar-refractivity contribution is 5.61. The molecular formula is C15H12N4O3. The van der Waals surface area contributed by atoms with Crippen LogP contribution < -0.4 is 9.47 Å². The molecule has 1 N–H and O–H groups in total. The van der Waals surface area contributed by atoms with E-state index in [0.29, 0.717) is 28.6 Å². The molecule has 7 nitrogen and oxygen atoms in total. The van der Waals surface area contributed by atoms with E-state index in [0.717, 1.165) is 5.69 Å². The van der Waals surface area contributed by atoms with Crippen molar-refractivity contribution in [3.63, 3.8) is 0 Å². The van der Waals surface area contributed by atoms with E-state index in [1.807, 2.05) is 36.4 Å². The summed E-state index contributed by atoms with van der Waals surface area (Å²) < 4.78 is 12.3. The van der Waals surface area contributed by atoms with Crippen molar-refractivity contribution in [3.05, 3.63) is 48.3 Å². The van der Waals surface area contributed by atoms with Gasteiger partial charge < -0.3 is 14.6 Å². The summed E-state index contributed by atoms with van der Waals surface area (Å²) in [6, 6.07) is 11.1. The Balaban J connectivity index is 1.87. The number of benzene rings is 1. The molecule has 4 rings (SSSR count). The Kier molecular flexibility index (Phi) is 2.97. The van der Waals surface area contributed by atoms with Crippen LogP contribution in [0.3, 0.4) is 0 Å². The van der Waals surface area contributed by atoms with Crippen LogP contribution in [0.4, 0.5) is 0 Å². The van der Waals surface area contributed by atoms with Crippen molar-refractivity contribution in [2.24, 2.45) is 0 Å². The number of nitrogens with zero attached hydrogens (tertiary/aromatic N) is 4. The molecule has 1 aliphatic rings. The van der Waals surface area contributed by atoms with E-state index in [9.17, 15) is 5.11 Å². The monoisotopic (exact) mass is 296 g/mol. The van der Waals surface area contributed by atoms with Crippen LogP contribution in [-0.4, -0.2) is 31.9 Å². The summed E-state index contributed by atoms with van der Waals surface area (Å²) in [5.41, 5.74) is 2.57. The summed E-state index contributed by atoms with van der Waals surface area (Å²) in [5.74, 6) is 1.36. The van der Waals surface area contributed by atoms with Gasteiger partial charge in [0, 0.05) is 12.3 Å². The Morgan fingerprint density at radius 3 is 2.86 bits per heavy atom. The van der Waals surface area contributed by atoms with E-state index >= 15 is 0 Å². The minimum absolute atomic E-state index is 0.212. The Morgan fingerprint density at radius 2 is 2.05 bits per heavy atom. The zero-order chi connectivity index (χ0) is 14.9. The molecule has 7 heteroatoms. The number of aliphatic hydroxyl groups excluding tert-OH is 1. The van der Waals surface area contributed by atoms with Gasteiger partial charge in [0.05, 0.1) is 18.0 Å². The van der Waals surface area contributed by atoms with Crippen molar-refractivity contribution in [1.82, 2.24) is 20.0 Å². The lowest BCUT2D eigenvalue weighted by atomic mass is 10.2. The second-order valence-corrected chi connectivity index (χ2v) is 4.71. The van der Waals surface area contributed by atoms with Crippen molar-refractivity contribution < 1.29 is 14.6 Å². The van der Waals surface area contributed by atoms with E-state index < -0.39 is 0 Å². The molecule has 0 saturated heterocycles. The van der Waals surface area contributed by atoms with Crippen LogP contribution in [0.15, 0.2) is 42.6 Å². The molecule has 0 amide bonds. The summed E-state index contributed by atoms with van der Waals surface area (Å²) in [7, 11) is 0. The minimum Gasteiger partial charge on any atom is -0.454 e. The van der Waals surface area contributed by atoms with E-state index in [1.54, 1.807) is 10.9 Å². The van der Waals surface area contributed by atoms with Crippen LogP contribution in [-0.2, 0) is 6.61 Å². The van der Waals surface area contributed by atoms with Crippen LogP contribution in [0.2, 0.25) is 0 Å². The van der Waals surface area contributed by atoms with Crippen molar-refractivity contribution in [1.29, 1.82) is 0 Å². The number of hydrogen-bond donors (Lipinski definition) is 1. The van der Waals surface area contributed by atoms with Gasteiger partial charge in [-0.3, -0.25) is 4.98 Å². The molecule has 3 heterocycles. The Labute approximate surface area is 125 Å². The van der Waals surface area contributed by atoms with Gasteiger partial charge in [-0.05, 0) is 24.3 Å². The third-order valence-electron chi connectivity index (χ3n) is 3.40. The van der Waals surface area contributed by atoms with Crippen molar-refractivity contribution in [3.8, 4) is 28.6 Å². The molecule has 0 atom stereocenters. The Hall–Kier alpha value is -2.93. The zero-order valence-corrected chi connectivity index (χ0v) is 11.5. The number of fused-ring (bicyclic) bond motifs is 1. The van der Waals surface area contributed by atoms with Crippen LogP contribution in [0.5, 0.6) is 11.5 Å². The lowest BCUT2D eigenvalue weighted by Crippen LogP contribution is -2.01. The number of rotatable bonds is 3. The summed E-state index contributed by atoms with van der Waals surface area (Å²) in [6.07, 6.45) is 1.69. The van der Waals surface area contributed by atoms with Gasteiger partial charge in [-0.2, -0.15) is 0 Å². The quantitative estimate of drug-likeness (QED) is 0.789. The molecule has 110 valence electrons. The smallest absolute Gasteiger partial charge is 0.231 e. The Bertz CT molecular complexity index is 817. The molecular weight excluding hydrogens is 284 g/mol. The first-order chi connectivity index (χ1) is 10.9. The topological polar surface area (TPSA) is 82.3 Å². The van der Waals surface area contributed by atoms with Gasteiger partial charge in [0.15, 0.2) is 11.5 Å². The number of aromatic nitrogens is 4. The largest absolute Gasteiger partial charge is 0.454 e. The van der Waals surface area contributed by atoms with Crippen LogP contribution in [0.25, 0.3) is 17.1 Å². The first kappa shape index (κ1) is 12.8. The number of aliphatic hydroxyl groups is 1. The fraction of sp³-hybridized carbons (Fsp3) is 0.133. The van der Waals surface area contributed by atoms with Gasteiger partial charge in [0.25, 0.3) is 0 Å². The van der Waals surface area contributed by atoms with Gasteiger partial charge in [0.2, 0.25) is 6.79 Å². The minimum atomic E-state index is -0.212. The molecule has 1 aromatic carbocycles. The number of ether oxygens (including phenoxy) is 2. The summed E-state index contributed by atoms with van der Waals surface area (Å²) in [6.45, 7) is 0.00158. The molecule has 22 heavy (non-hydrogen) atoms. The number of pyridine rings is 1. The summed E-state index contributed by atoms with van der Waals surface area (Å²) in [4.78, 5) is 4.32. The molecule has 0 unspecified atom stereocenters. The molecule has 3 aromatic rings. The third-order valence-corrected chi connectivity index (χ3v) is 3.40. The van der Waals surface area contributed by atoms with Crippen LogP contribution >= 0.6 is 0 Å². The van der Waals surface area contributed by atoms with Gasteiger partial charge >= 0.3 is 0 Å². The van der Waals surface area contributed by atoms with Crippen molar-refractivity contribution in [2.75, 3.05) is 6.79 Å². The highest BCUT2D eigenvalue weighted by Gasteiger charge is 2.19.